The second kappa shape index (κ2) is 7.78. The second-order valence-corrected chi connectivity index (χ2v) is 8.15. The Morgan fingerprint density at radius 2 is 1.73 bits per heavy atom. The zero-order valence-electron chi connectivity index (χ0n) is 14.5. The molecule has 0 radical (unpaired) electrons. The number of thiophene rings is 1. The Morgan fingerprint density at radius 1 is 1.00 bits per heavy atom. The molecule has 0 spiro atoms. The van der Waals surface area contributed by atoms with Gasteiger partial charge in [0.15, 0.2) is 5.78 Å². The molecule has 26 heavy (non-hydrogen) atoms. The molecule has 1 aliphatic heterocycles. The van der Waals surface area contributed by atoms with Crippen LogP contribution in [0.1, 0.15) is 16.1 Å². The summed E-state index contributed by atoms with van der Waals surface area (Å²) < 4.78 is 1.19. The molecular weight excluding hydrogens is 364 g/mol. The van der Waals surface area contributed by atoms with E-state index in [0.717, 1.165) is 48.0 Å². The van der Waals surface area contributed by atoms with E-state index in [1.807, 2.05) is 30.3 Å². The van der Waals surface area contributed by atoms with Gasteiger partial charge in [-0.15, -0.1) is 11.3 Å². The summed E-state index contributed by atoms with van der Waals surface area (Å²) in [6, 6.07) is 18.2. The van der Waals surface area contributed by atoms with Crippen LogP contribution in [0.2, 0.25) is 5.02 Å². The van der Waals surface area contributed by atoms with Crippen molar-refractivity contribution in [3.63, 3.8) is 0 Å². The van der Waals surface area contributed by atoms with E-state index in [4.69, 9.17) is 11.6 Å². The number of rotatable bonds is 5. The molecule has 1 fully saturated rings. The van der Waals surface area contributed by atoms with Crippen LogP contribution in [0.15, 0.2) is 54.6 Å². The molecule has 0 saturated carbocycles. The number of benzene rings is 2. The average molecular weight is 385 g/mol. The van der Waals surface area contributed by atoms with Gasteiger partial charge < -0.3 is 4.90 Å². The zero-order valence-corrected chi connectivity index (χ0v) is 16.1. The smallest absolute Gasteiger partial charge is 0.174 e. The molecule has 3 aromatic rings. The van der Waals surface area contributed by atoms with Crippen LogP contribution in [0.25, 0.3) is 10.1 Å². The number of piperazine rings is 1. The topological polar surface area (TPSA) is 23.6 Å². The molecule has 5 heteroatoms. The molecule has 2 heterocycles. The first-order chi connectivity index (χ1) is 12.7. The van der Waals surface area contributed by atoms with E-state index < -0.39 is 0 Å². The SMILES string of the molecule is O=C(CCN1CCN(c2ccc(Cl)cc2)CC1)c1cc2ccccc2s1. The van der Waals surface area contributed by atoms with Gasteiger partial charge in [-0.25, -0.2) is 0 Å². The van der Waals surface area contributed by atoms with Crippen molar-refractivity contribution in [3.05, 3.63) is 64.5 Å². The highest BCUT2D eigenvalue weighted by molar-refractivity contribution is 7.20. The lowest BCUT2D eigenvalue weighted by molar-refractivity contribution is 0.0966. The van der Waals surface area contributed by atoms with Gasteiger partial charge in [0, 0.05) is 54.6 Å². The molecular formula is C21H21ClN2OS. The largest absolute Gasteiger partial charge is 0.369 e. The van der Waals surface area contributed by atoms with Gasteiger partial charge >= 0.3 is 0 Å². The van der Waals surface area contributed by atoms with Crippen LogP contribution in [0, 0.1) is 0 Å². The third-order valence-corrected chi connectivity index (χ3v) is 6.33. The van der Waals surface area contributed by atoms with E-state index in [2.05, 4.69) is 34.1 Å². The summed E-state index contributed by atoms with van der Waals surface area (Å²) >= 11 is 7.57. The van der Waals surface area contributed by atoms with Crippen molar-refractivity contribution in [2.75, 3.05) is 37.6 Å². The predicted octanol–water partition coefficient (Wildman–Crippen LogP) is 4.95. The van der Waals surface area contributed by atoms with E-state index in [0.29, 0.717) is 6.42 Å². The van der Waals surface area contributed by atoms with Gasteiger partial charge in [0.05, 0.1) is 4.88 Å². The summed E-state index contributed by atoms with van der Waals surface area (Å²) in [4.78, 5) is 18.2. The van der Waals surface area contributed by atoms with Crippen LogP contribution < -0.4 is 4.90 Å². The van der Waals surface area contributed by atoms with Gasteiger partial charge in [-0.05, 0) is 41.8 Å². The Hall–Kier alpha value is -1.88. The summed E-state index contributed by atoms with van der Waals surface area (Å²) in [6.07, 6.45) is 0.591. The van der Waals surface area contributed by atoms with Gasteiger partial charge in [0.2, 0.25) is 0 Å². The molecule has 134 valence electrons. The number of halogens is 1. The summed E-state index contributed by atoms with van der Waals surface area (Å²) in [7, 11) is 0. The number of nitrogens with zero attached hydrogens (tertiary/aromatic N) is 2. The van der Waals surface area contributed by atoms with Crippen molar-refractivity contribution in [3.8, 4) is 0 Å². The van der Waals surface area contributed by atoms with Crippen molar-refractivity contribution >= 4 is 44.5 Å². The van der Waals surface area contributed by atoms with Gasteiger partial charge in [0.25, 0.3) is 0 Å². The number of hydrogen-bond donors (Lipinski definition) is 0. The summed E-state index contributed by atoms with van der Waals surface area (Å²) in [5, 5.41) is 1.93. The molecule has 4 rings (SSSR count). The lowest BCUT2D eigenvalue weighted by Gasteiger charge is -2.36. The van der Waals surface area contributed by atoms with Crippen LogP contribution >= 0.6 is 22.9 Å². The highest BCUT2D eigenvalue weighted by Gasteiger charge is 2.18. The van der Waals surface area contributed by atoms with E-state index in [-0.39, 0.29) is 5.78 Å². The van der Waals surface area contributed by atoms with E-state index in [1.54, 1.807) is 11.3 Å². The monoisotopic (exact) mass is 384 g/mol. The molecule has 1 aromatic heterocycles. The van der Waals surface area contributed by atoms with Crippen molar-refractivity contribution in [2.24, 2.45) is 0 Å². The molecule has 0 amide bonds. The minimum absolute atomic E-state index is 0.256. The molecule has 0 atom stereocenters. The lowest BCUT2D eigenvalue weighted by atomic mass is 10.2. The first-order valence-electron chi connectivity index (χ1n) is 8.94. The third-order valence-electron chi connectivity index (χ3n) is 4.92. The Balaban J connectivity index is 1.29. The summed E-state index contributed by atoms with van der Waals surface area (Å²) in [5.74, 6) is 0.256. The van der Waals surface area contributed by atoms with Crippen LogP contribution in [0.3, 0.4) is 0 Å². The summed E-state index contributed by atoms with van der Waals surface area (Å²) in [6.45, 7) is 4.78. The van der Waals surface area contributed by atoms with Gasteiger partial charge in [-0.2, -0.15) is 0 Å². The molecule has 1 saturated heterocycles. The van der Waals surface area contributed by atoms with Crippen molar-refractivity contribution < 1.29 is 4.79 Å². The summed E-state index contributed by atoms with van der Waals surface area (Å²) in [5.41, 5.74) is 1.22. The standard InChI is InChI=1S/C21H21ClN2OS/c22-17-5-7-18(8-6-17)24-13-11-23(12-14-24)10-9-19(25)21-15-16-3-1-2-4-20(16)26-21/h1-8,15H,9-14H2. The van der Waals surface area contributed by atoms with Crippen LogP contribution in [-0.4, -0.2) is 43.4 Å². The lowest BCUT2D eigenvalue weighted by Crippen LogP contribution is -2.46. The number of carbonyl (C=O) groups is 1. The predicted molar refractivity (Wildman–Crippen MR) is 111 cm³/mol. The van der Waals surface area contributed by atoms with Crippen LogP contribution in [-0.2, 0) is 0 Å². The maximum atomic E-state index is 12.5. The number of fused-ring (bicyclic) bond motifs is 1. The average Bonchev–Trinajstić information content (AvgIpc) is 3.11. The fourth-order valence-electron chi connectivity index (χ4n) is 3.38. The van der Waals surface area contributed by atoms with Crippen LogP contribution in [0.4, 0.5) is 5.69 Å². The Bertz CT molecular complexity index is 865. The minimum atomic E-state index is 0.256. The molecule has 1 aliphatic rings. The Kier molecular flexibility index (Phi) is 5.25. The quantitative estimate of drug-likeness (QED) is 0.581. The molecule has 3 nitrogen and oxygen atoms in total. The fourth-order valence-corrected chi connectivity index (χ4v) is 4.54. The first-order valence-corrected chi connectivity index (χ1v) is 10.1. The maximum absolute atomic E-state index is 12.5. The van der Waals surface area contributed by atoms with Crippen LogP contribution in [0.5, 0.6) is 0 Å². The fraction of sp³-hybridized carbons (Fsp3) is 0.286. The highest BCUT2D eigenvalue weighted by atomic mass is 35.5. The molecule has 0 N–H and O–H groups in total. The van der Waals surface area contributed by atoms with Crippen molar-refractivity contribution in [2.45, 2.75) is 6.42 Å². The molecule has 0 unspecified atom stereocenters. The second-order valence-electron chi connectivity index (χ2n) is 6.63. The third kappa shape index (κ3) is 3.93. The number of ketones is 1. The maximum Gasteiger partial charge on any atom is 0.174 e. The first kappa shape index (κ1) is 17.5. The van der Waals surface area contributed by atoms with Crippen molar-refractivity contribution in [1.29, 1.82) is 0 Å². The van der Waals surface area contributed by atoms with E-state index in [9.17, 15) is 4.79 Å². The molecule has 0 bridgehead atoms. The molecule has 0 aliphatic carbocycles. The van der Waals surface area contributed by atoms with E-state index in [1.165, 1.54) is 10.4 Å². The number of hydrogen-bond acceptors (Lipinski definition) is 4. The van der Waals surface area contributed by atoms with Crippen molar-refractivity contribution in [1.82, 2.24) is 4.90 Å². The minimum Gasteiger partial charge on any atom is -0.369 e. The number of Topliss-reactive ketones (excluding diaryl/α,β-unsaturated/α-hetero) is 1. The van der Waals surface area contributed by atoms with Gasteiger partial charge in [-0.3, -0.25) is 9.69 Å². The van der Waals surface area contributed by atoms with Gasteiger partial charge in [0.1, 0.15) is 0 Å². The number of anilines is 1. The van der Waals surface area contributed by atoms with E-state index >= 15 is 0 Å². The highest BCUT2D eigenvalue weighted by Crippen LogP contribution is 2.26. The Morgan fingerprint density at radius 3 is 2.46 bits per heavy atom. The van der Waals surface area contributed by atoms with Gasteiger partial charge in [-0.1, -0.05) is 29.8 Å². The zero-order chi connectivity index (χ0) is 17.9. The number of carbonyl (C=O) groups excluding carboxylic acids is 1. The Labute approximate surface area is 162 Å². The normalized spacial score (nSPS) is 15.5. The molecule has 2 aromatic carbocycles.